The van der Waals surface area contributed by atoms with Crippen molar-refractivity contribution in [3.63, 3.8) is 0 Å². The lowest BCUT2D eigenvalue weighted by atomic mass is 9.79. The van der Waals surface area contributed by atoms with Gasteiger partial charge in [0.05, 0.1) is 12.8 Å². The van der Waals surface area contributed by atoms with E-state index in [9.17, 15) is 30.0 Å². The lowest BCUT2D eigenvalue weighted by Gasteiger charge is -2.25. The van der Waals surface area contributed by atoms with Crippen molar-refractivity contribution >= 4 is 33.5 Å². The maximum absolute atomic E-state index is 12.7. The number of rotatable bonds is 13. The first kappa shape index (κ1) is 37.7. The van der Waals surface area contributed by atoms with Crippen LogP contribution in [0.25, 0.3) is 32.7 Å². The highest BCUT2D eigenvalue weighted by molar-refractivity contribution is 6.05. The Morgan fingerprint density at radius 3 is 1.22 bits per heavy atom. The van der Waals surface area contributed by atoms with Crippen LogP contribution in [-0.2, 0) is 35.6 Å². The van der Waals surface area contributed by atoms with Crippen molar-refractivity contribution in [1.29, 1.82) is 0 Å². The van der Waals surface area contributed by atoms with Crippen LogP contribution < -0.4 is 9.47 Å². The van der Waals surface area contributed by atoms with Crippen LogP contribution in [0.1, 0.15) is 84.0 Å². The summed E-state index contributed by atoms with van der Waals surface area (Å²) in [4.78, 5) is 25.4. The summed E-state index contributed by atoms with van der Waals surface area (Å²) < 4.78 is 12.4. The fourth-order valence-corrected chi connectivity index (χ4v) is 7.72. The average Bonchev–Trinajstić information content (AvgIpc) is 3.11. The van der Waals surface area contributed by atoms with Gasteiger partial charge in [-0.2, -0.15) is 0 Å². The normalized spacial score (nSPS) is 11.5. The van der Waals surface area contributed by atoms with Crippen molar-refractivity contribution in [2.45, 2.75) is 79.4 Å². The average molecular weight is 727 g/mol. The minimum Gasteiger partial charge on any atom is -0.504 e. The van der Waals surface area contributed by atoms with E-state index in [1.807, 2.05) is 114 Å². The number of carbonyl (C=O) groups is 2. The van der Waals surface area contributed by atoms with Crippen molar-refractivity contribution in [1.82, 2.24) is 0 Å². The molecule has 0 unspecified atom stereocenters. The van der Waals surface area contributed by atoms with Gasteiger partial charge in [-0.3, -0.25) is 9.59 Å². The summed E-state index contributed by atoms with van der Waals surface area (Å²) >= 11 is 0. The SMILES string of the molecule is Cc1cc2c(C(C)C)c(O)c(OCc3ccccc3)cc2c(CC(=O)O)c1-c1c(C)cc2c(C(C)C)c(O)c(OCc3ccccc3)cc2c1CC(=O)O. The Morgan fingerprint density at radius 2 is 0.907 bits per heavy atom. The number of hydrogen-bond donors (Lipinski definition) is 4. The zero-order valence-corrected chi connectivity index (χ0v) is 31.5. The molecule has 0 aliphatic carbocycles. The molecule has 0 aliphatic rings. The van der Waals surface area contributed by atoms with Gasteiger partial charge in [-0.25, -0.2) is 0 Å². The van der Waals surface area contributed by atoms with Crippen molar-refractivity contribution < 1.29 is 39.5 Å². The standard InChI is InChI=1S/C46H46O8/c1-25(2)41-33-17-27(5)43(35(21-39(47)48)31(33)19-37(45(41)51)53-23-29-13-9-7-10-14-29)44-28(6)18-34-32(36(44)22-40(49)50)20-38(46(52)42(34)26(3)4)54-24-30-15-11-8-12-16-30/h7-20,25-26,51-52H,21-24H2,1-6H3,(H,47,48)(H,49,50). The number of fused-ring (bicyclic) bond motifs is 2. The summed E-state index contributed by atoms with van der Waals surface area (Å²) in [5, 5.41) is 46.6. The van der Waals surface area contributed by atoms with Crippen LogP contribution in [0.3, 0.4) is 0 Å². The molecule has 6 rings (SSSR count). The van der Waals surface area contributed by atoms with Gasteiger partial charge in [0.15, 0.2) is 23.0 Å². The van der Waals surface area contributed by atoms with E-state index in [0.29, 0.717) is 54.9 Å². The van der Waals surface area contributed by atoms with Gasteiger partial charge in [0.1, 0.15) is 13.2 Å². The van der Waals surface area contributed by atoms with Crippen LogP contribution in [0.2, 0.25) is 0 Å². The summed E-state index contributed by atoms with van der Waals surface area (Å²) in [6.45, 7) is 12.0. The van der Waals surface area contributed by atoms with Gasteiger partial charge in [0.2, 0.25) is 0 Å². The number of aromatic hydroxyl groups is 2. The number of carboxylic acid groups (broad SMARTS) is 2. The predicted molar refractivity (Wildman–Crippen MR) is 212 cm³/mol. The second-order valence-electron chi connectivity index (χ2n) is 14.6. The largest absolute Gasteiger partial charge is 0.504 e. The molecular weight excluding hydrogens is 680 g/mol. The van der Waals surface area contributed by atoms with Crippen LogP contribution >= 0.6 is 0 Å². The minimum atomic E-state index is -1.06. The summed E-state index contributed by atoms with van der Waals surface area (Å²) in [5.74, 6) is -1.94. The molecule has 0 atom stereocenters. The molecule has 8 nitrogen and oxygen atoms in total. The molecule has 0 saturated carbocycles. The van der Waals surface area contributed by atoms with Gasteiger partial charge in [-0.1, -0.05) is 100 Å². The summed E-state index contributed by atoms with van der Waals surface area (Å²) in [5.41, 5.74) is 6.74. The highest BCUT2D eigenvalue weighted by Gasteiger charge is 2.28. The van der Waals surface area contributed by atoms with Crippen molar-refractivity contribution in [3.05, 3.63) is 129 Å². The molecule has 0 radical (unpaired) electrons. The van der Waals surface area contributed by atoms with Gasteiger partial charge in [0.25, 0.3) is 0 Å². The van der Waals surface area contributed by atoms with Gasteiger partial charge in [-0.15, -0.1) is 0 Å². The van der Waals surface area contributed by atoms with Crippen LogP contribution in [0.4, 0.5) is 0 Å². The van der Waals surface area contributed by atoms with E-state index in [0.717, 1.165) is 22.3 Å². The maximum Gasteiger partial charge on any atom is 0.307 e. The Bertz CT molecular complexity index is 2210. The Hall–Kier alpha value is -6.02. The number of phenols is 2. The fourth-order valence-electron chi connectivity index (χ4n) is 7.72. The molecule has 4 N–H and O–H groups in total. The molecule has 278 valence electrons. The van der Waals surface area contributed by atoms with Crippen LogP contribution in [-0.4, -0.2) is 32.4 Å². The molecule has 0 heterocycles. The van der Waals surface area contributed by atoms with E-state index < -0.39 is 11.9 Å². The molecule has 0 aliphatic heterocycles. The molecular formula is C46H46O8. The highest BCUT2D eigenvalue weighted by Crippen LogP contribution is 2.49. The quantitative estimate of drug-likeness (QED) is 0.0924. The highest BCUT2D eigenvalue weighted by atomic mass is 16.5. The molecule has 6 aromatic carbocycles. The van der Waals surface area contributed by atoms with Gasteiger partial charge < -0.3 is 29.9 Å². The second-order valence-corrected chi connectivity index (χ2v) is 14.6. The fraction of sp³-hybridized carbons (Fsp3) is 0.261. The number of ether oxygens (including phenoxy) is 2. The zero-order chi connectivity index (χ0) is 38.8. The first-order valence-electron chi connectivity index (χ1n) is 18.2. The lowest BCUT2D eigenvalue weighted by Crippen LogP contribution is -2.10. The Labute approximate surface area is 315 Å². The van der Waals surface area contributed by atoms with Crippen molar-refractivity contribution in [2.24, 2.45) is 0 Å². The zero-order valence-electron chi connectivity index (χ0n) is 31.5. The smallest absolute Gasteiger partial charge is 0.307 e. The molecule has 0 bridgehead atoms. The van der Waals surface area contributed by atoms with E-state index in [4.69, 9.17) is 9.47 Å². The van der Waals surface area contributed by atoms with Crippen molar-refractivity contribution in [2.75, 3.05) is 0 Å². The van der Waals surface area contributed by atoms with Gasteiger partial charge in [-0.05, 0) is 104 Å². The lowest BCUT2D eigenvalue weighted by molar-refractivity contribution is -0.137. The Balaban J connectivity index is 1.67. The Kier molecular flexibility index (Phi) is 10.8. The van der Waals surface area contributed by atoms with E-state index in [2.05, 4.69) is 0 Å². The summed E-state index contributed by atoms with van der Waals surface area (Å²) in [6, 6.07) is 26.5. The van der Waals surface area contributed by atoms with Crippen LogP contribution in [0, 0.1) is 13.8 Å². The van der Waals surface area contributed by atoms with E-state index >= 15 is 0 Å². The summed E-state index contributed by atoms with van der Waals surface area (Å²) in [6.07, 6.45) is -0.730. The number of aliphatic carboxylic acids is 2. The maximum atomic E-state index is 12.7. The van der Waals surface area contributed by atoms with E-state index in [1.165, 1.54) is 0 Å². The van der Waals surface area contributed by atoms with Gasteiger partial charge in [0, 0.05) is 11.1 Å². The number of hydrogen-bond acceptors (Lipinski definition) is 6. The van der Waals surface area contributed by atoms with Crippen LogP contribution in [0.5, 0.6) is 23.0 Å². The second kappa shape index (κ2) is 15.5. The molecule has 8 heteroatoms. The number of aryl methyl sites for hydroxylation is 2. The first-order valence-corrected chi connectivity index (χ1v) is 18.2. The molecule has 0 aromatic heterocycles. The molecule has 54 heavy (non-hydrogen) atoms. The van der Waals surface area contributed by atoms with Crippen LogP contribution in [0.15, 0.2) is 84.9 Å². The Morgan fingerprint density at radius 1 is 0.556 bits per heavy atom. The molecule has 6 aromatic rings. The molecule has 0 fully saturated rings. The predicted octanol–water partition coefficient (Wildman–Crippen LogP) is 10.3. The van der Waals surface area contributed by atoms with E-state index in [-0.39, 0.29) is 60.9 Å². The molecule has 0 spiro atoms. The van der Waals surface area contributed by atoms with Gasteiger partial charge >= 0.3 is 11.9 Å². The van der Waals surface area contributed by atoms with E-state index in [1.54, 1.807) is 12.1 Å². The third kappa shape index (κ3) is 7.42. The topological polar surface area (TPSA) is 134 Å². The number of carboxylic acids is 2. The van der Waals surface area contributed by atoms with Crippen molar-refractivity contribution in [3.8, 4) is 34.1 Å². The number of benzene rings is 6. The molecule has 0 amide bonds. The monoisotopic (exact) mass is 726 g/mol. The third-order valence-electron chi connectivity index (χ3n) is 9.99. The minimum absolute atomic E-state index is 0.000590. The third-order valence-corrected chi connectivity index (χ3v) is 9.99. The number of phenolic OH excluding ortho intramolecular Hbond substituents is 2. The summed E-state index contributed by atoms with van der Waals surface area (Å²) in [7, 11) is 0. The molecule has 0 saturated heterocycles. The first-order chi connectivity index (χ1) is 25.8.